The minimum absolute atomic E-state index is 0.160. The number of nitrogens with one attached hydrogen (secondary N) is 1. The summed E-state index contributed by atoms with van der Waals surface area (Å²) >= 11 is 6.75. The summed E-state index contributed by atoms with van der Waals surface area (Å²) in [5.74, 6) is 1.22. The van der Waals surface area contributed by atoms with Crippen LogP contribution in [0.25, 0.3) is 0 Å². The molecule has 2 unspecified atom stereocenters. The van der Waals surface area contributed by atoms with E-state index in [0.717, 1.165) is 23.8 Å². The quantitative estimate of drug-likeness (QED) is 0.921. The lowest BCUT2D eigenvalue weighted by Gasteiger charge is -2.26. The standard InChI is InChI=1S/C11H16ClN3OS/c1-7-3-2-4-8(5-7)6-13-9(16)10-14-15-11(12)17-10/h7-8H,2-6H2,1H3,(H,13,16). The van der Waals surface area contributed by atoms with Gasteiger partial charge in [-0.15, -0.1) is 10.2 Å². The molecule has 6 heteroatoms. The summed E-state index contributed by atoms with van der Waals surface area (Å²) in [4.78, 5) is 11.7. The monoisotopic (exact) mass is 273 g/mol. The van der Waals surface area contributed by atoms with Crippen LogP contribution in [0, 0.1) is 11.8 Å². The molecule has 1 heterocycles. The number of amides is 1. The van der Waals surface area contributed by atoms with Crippen LogP contribution < -0.4 is 5.32 Å². The van der Waals surface area contributed by atoms with Crippen LogP contribution in [0.2, 0.25) is 4.47 Å². The lowest BCUT2D eigenvalue weighted by molar-refractivity contribution is 0.0939. The summed E-state index contributed by atoms with van der Waals surface area (Å²) in [5, 5.41) is 10.6. The van der Waals surface area contributed by atoms with Crippen molar-refractivity contribution in [2.24, 2.45) is 11.8 Å². The van der Waals surface area contributed by atoms with Gasteiger partial charge in [-0.2, -0.15) is 0 Å². The molecular weight excluding hydrogens is 258 g/mol. The van der Waals surface area contributed by atoms with Gasteiger partial charge < -0.3 is 5.32 Å². The normalized spacial score (nSPS) is 24.6. The third-order valence-electron chi connectivity index (χ3n) is 3.19. The number of nitrogens with zero attached hydrogens (tertiary/aromatic N) is 2. The Morgan fingerprint density at radius 3 is 3.00 bits per heavy atom. The summed E-state index contributed by atoms with van der Waals surface area (Å²) in [5.41, 5.74) is 0. The van der Waals surface area contributed by atoms with Crippen LogP contribution in [0.4, 0.5) is 0 Å². The zero-order valence-corrected chi connectivity index (χ0v) is 11.4. The molecule has 0 aromatic carbocycles. The van der Waals surface area contributed by atoms with Gasteiger partial charge in [0.1, 0.15) is 0 Å². The third-order valence-corrected chi connectivity index (χ3v) is 4.21. The summed E-state index contributed by atoms with van der Waals surface area (Å²) in [7, 11) is 0. The second-order valence-electron chi connectivity index (χ2n) is 4.71. The maximum absolute atomic E-state index is 11.7. The predicted octanol–water partition coefficient (Wildman–Crippen LogP) is 2.75. The fraction of sp³-hybridized carbons (Fsp3) is 0.727. The fourth-order valence-electron chi connectivity index (χ4n) is 2.35. The van der Waals surface area contributed by atoms with Crippen LogP contribution in [-0.2, 0) is 0 Å². The first-order chi connectivity index (χ1) is 8.15. The molecule has 2 rings (SSSR count). The number of rotatable bonds is 3. The van der Waals surface area contributed by atoms with Crippen molar-refractivity contribution in [1.82, 2.24) is 15.5 Å². The highest BCUT2D eigenvalue weighted by molar-refractivity contribution is 7.17. The molecule has 0 bridgehead atoms. The highest BCUT2D eigenvalue weighted by atomic mass is 35.5. The Morgan fingerprint density at radius 1 is 1.53 bits per heavy atom. The first-order valence-corrected chi connectivity index (χ1v) is 7.12. The molecule has 0 aliphatic heterocycles. The average Bonchev–Trinajstić information content (AvgIpc) is 2.73. The number of halogens is 1. The van der Waals surface area contributed by atoms with Gasteiger partial charge >= 0.3 is 0 Å². The molecule has 1 aliphatic carbocycles. The number of carbonyl (C=O) groups excluding carboxylic acids is 1. The molecule has 4 nitrogen and oxygen atoms in total. The molecule has 1 N–H and O–H groups in total. The SMILES string of the molecule is CC1CCCC(CNC(=O)c2nnc(Cl)s2)C1. The summed E-state index contributed by atoms with van der Waals surface area (Å²) in [6.07, 6.45) is 5.00. The first kappa shape index (κ1) is 12.8. The van der Waals surface area contributed by atoms with Crippen LogP contribution in [0.1, 0.15) is 42.4 Å². The van der Waals surface area contributed by atoms with Crippen molar-refractivity contribution < 1.29 is 4.79 Å². The van der Waals surface area contributed by atoms with Gasteiger partial charge in [-0.1, -0.05) is 31.1 Å². The second-order valence-corrected chi connectivity index (χ2v) is 6.27. The van der Waals surface area contributed by atoms with Gasteiger partial charge in [0.2, 0.25) is 9.47 Å². The average molecular weight is 274 g/mol. The molecule has 0 radical (unpaired) electrons. The maximum Gasteiger partial charge on any atom is 0.282 e. The van der Waals surface area contributed by atoms with Crippen molar-refractivity contribution in [1.29, 1.82) is 0 Å². The molecule has 1 aromatic rings. The largest absolute Gasteiger partial charge is 0.350 e. The van der Waals surface area contributed by atoms with E-state index in [-0.39, 0.29) is 5.91 Å². The van der Waals surface area contributed by atoms with E-state index < -0.39 is 0 Å². The third kappa shape index (κ3) is 3.64. The Labute approximate surface area is 110 Å². The van der Waals surface area contributed by atoms with E-state index in [0.29, 0.717) is 15.4 Å². The molecule has 0 saturated heterocycles. The van der Waals surface area contributed by atoms with Crippen LogP contribution in [0.5, 0.6) is 0 Å². The van der Waals surface area contributed by atoms with Gasteiger partial charge in [0, 0.05) is 6.54 Å². The van der Waals surface area contributed by atoms with Crippen molar-refractivity contribution in [3.8, 4) is 0 Å². The maximum atomic E-state index is 11.7. The van der Waals surface area contributed by atoms with Crippen molar-refractivity contribution in [2.75, 3.05) is 6.54 Å². The van der Waals surface area contributed by atoms with Crippen molar-refractivity contribution >= 4 is 28.8 Å². The van der Waals surface area contributed by atoms with Crippen LogP contribution in [0.3, 0.4) is 0 Å². The Balaban J connectivity index is 1.80. The van der Waals surface area contributed by atoms with E-state index in [1.54, 1.807) is 0 Å². The van der Waals surface area contributed by atoms with Crippen LogP contribution in [0.15, 0.2) is 0 Å². The summed E-state index contributed by atoms with van der Waals surface area (Å²) in [6, 6.07) is 0. The summed E-state index contributed by atoms with van der Waals surface area (Å²) in [6.45, 7) is 3.01. The van der Waals surface area contributed by atoms with E-state index >= 15 is 0 Å². The topological polar surface area (TPSA) is 54.9 Å². The Kier molecular flexibility index (Phi) is 4.34. The molecular formula is C11H16ClN3OS. The van der Waals surface area contributed by atoms with E-state index in [2.05, 4.69) is 22.4 Å². The van der Waals surface area contributed by atoms with Gasteiger partial charge in [0.25, 0.3) is 5.91 Å². The number of hydrogen-bond acceptors (Lipinski definition) is 4. The number of aromatic nitrogens is 2. The smallest absolute Gasteiger partial charge is 0.282 e. The zero-order chi connectivity index (χ0) is 12.3. The van der Waals surface area contributed by atoms with Crippen LogP contribution >= 0.6 is 22.9 Å². The molecule has 0 spiro atoms. The highest BCUT2D eigenvalue weighted by Crippen LogP contribution is 2.28. The highest BCUT2D eigenvalue weighted by Gasteiger charge is 2.20. The van der Waals surface area contributed by atoms with Crippen molar-refractivity contribution in [3.05, 3.63) is 9.47 Å². The predicted molar refractivity (Wildman–Crippen MR) is 68.4 cm³/mol. The van der Waals surface area contributed by atoms with Gasteiger partial charge in [-0.3, -0.25) is 4.79 Å². The van der Waals surface area contributed by atoms with Gasteiger partial charge in [-0.25, -0.2) is 0 Å². The van der Waals surface area contributed by atoms with E-state index in [1.165, 1.54) is 25.7 Å². The Bertz CT molecular complexity index is 396. The minimum atomic E-state index is -0.160. The molecule has 1 fully saturated rings. The lowest BCUT2D eigenvalue weighted by atomic mass is 9.82. The van der Waals surface area contributed by atoms with E-state index in [1.807, 2.05) is 0 Å². The van der Waals surface area contributed by atoms with E-state index in [9.17, 15) is 4.79 Å². The van der Waals surface area contributed by atoms with E-state index in [4.69, 9.17) is 11.6 Å². The molecule has 1 aliphatic rings. The molecule has 2 atom stereocenters. The molecule has 17 heavy (non-hydrogen) atoms. The van der Waals surface area contributed by atoms with Gasteiger partial charge in [-0.05, 0) is 36.3 Å². The number of hydrogen-bond donors (Lipinski definition) is 1. The molecule has 1 amide bonds. The zero-order valence-electron chi connectivity index (χ0n) is 9.78. The fourth-order valence-corrected chi connectivity index (χ4v) is 3.10. The summed E-state index contributed by atoms with van der Waals surface area (Å²) < 4.78 is 0.307. The first-order valence-electron chi connectivity index (χ1n) is 5.92. The Morgan fingerprint density at radius 2 is 2.35 bits per heavy atom. The minimum Gasteiger partial charge on any atom is -0.350 e. The lowest BCUT2D eigenvalue weighted by Crippen LogP contribution is -2.31. The number of carbonyl (C=O) groups is 1. The van der Waals surface area contributed by atoms with Crippen LogP contribution in [-0.4, -0.2) is 22.6 Å². The van der Waals surface area contributed by atoms with Crippen molar-refractivity contribution in [3.63, 3.8) is 0 Å². The molecule has 1 aromatic heterocycles. The molecule has 1 saturated carbocycles. The second kappa shape index (κ2) is 5.78. The Hall–Kier alpha value is -0.680. The van der Waals surface area contributed by atoms with Crippen molar-refractivity contribution in [2.45, 2.75) is 32.6 Å². The molecule has 94 valence electrons. The van der Waals surface area contributed by atoms with Gasteiger partial charge in [0.05, 0.1) is 0 Å². The van der Waals surface area contributed by atoms with Gasteiger partial charge in [0.15, 0.2) is 0 Å².